The fourth-order valence-corrected chi connectivity index (χ4v) is 2.76. The summed E-state index contributed by atoms with van der Waals surface area (Å²) in [6, 6.07) is 10.7. The SMILES string of the molecule is COCCN(Cc1ccccc1)C(=O)CCC1CCCN1. The molecule has 1 amide bonds. The number of nitrogens with zero attached hydrogens (tertiary/aromatic N) is 1. The van der Waals surface area contributed by atoms with Gasteiger partial charge in [0.25, 0.3) is 0 Å². The molecule has 4 nitrogen and oxygen atoms in total. The number of hydrogen-bond acceptors (Lipinski definition) is 3. The van der Waals surface area contributed by atoms with E-state index < -0.39 is 0 Å². The standard InChI is InChI=1S/C17H26N2O2/c1-21-13-12-19(14-15-6-3-2-4-7-15)17(20)10-9-16-8-5-11-18-16/h2-4,6-7,16,18H,5,8-14H2,1H3. The van der Waals surface area contributed by atoms with Crippen LogP contribution in [-0.4, -0.2) is 43.7 Å². The van der Waals surface area contributed by atoms with Gasteiger partial charge < -0.3 is 15.0 Å². The molecule has 0 radical (unpaired) electrons. The van der Waals surface area contributed by atoms with Crippen molar-refractivity contribution in [1.29, 1.82) is 0 Å². The summed E-state index contributed by atoms with van der Waals surface area (Å²) in [5.41, 5.74) is 1.17. The lowest BCUT2D eigenvalue weighted by Crippen LogP contribution is -2.34. The Balaban J connectivity index is 1.86. The molecule has 1 unspecified atom stereocenters. The quantitative estimate of drug-likeness (QED) is 0.798. The number of methoxy groups -OCH3 is 1. The van der Waals surface area contributed by atoms with E-state index in [4.69, 9.17) is 4.74 Å². The summed E-state index contributed by atoms with van der Waals surface area (Å²) in [6.07, 6.45) is 3.99. The maximum Gasteiger partial charge on any atom is 0.223 e. The highest BCUT2D eigenvalue weighted by Crippen LogP contribution is 2.13. The van der Waals surface area contributed by atoms with Crippen molar-refractivity contribution in [2.75, 3.05) is 26.8 Å². The molecular formula is C17H26N2O2. The highest BCUT2D eigenvalue weighted by atomic mass is 16.5. The molecule has 4 heteroatoms. The van der Waals surface area contributed by atoms with Crippen LogP contribution < -0.4 is 5.32 Å². The lowest BCUT2D eigenvalue weighted by Gasteiger charge is -2.23. The fourth-order valence-electron chi connectivity index (χ4n) is 2.76. The van der Waals surface area contributed by atoms with Crippen LogP contribution in [0.5, 0.6) is 0 Å². The molecule has 1 aliphatic rings. The van der Waals surface area contributed by atoms with Gasteiger partial charge in [0.05, 0.1) is 6.61 Å². The molecule has 116 valence electrons. The second-order valence-electron chi connectivity index (χ2n) is 5.63. The van der Waals surface area contributed by atoms with E-state index in [0.717, 1.165) is 13.0 Å². The second-order valence-corrected chi connectivity index (χ2v) is 5.63. The Labute approximate surface area is 127 Å². The van der Waals surface area contributed by atoms with Crippen LogP contribution in [0.25, 0.3) is 0 Å². The van der Waals surface area contributed by atoms with Crippen molar-refractivity contribution in [3.8, 4) is 0 Å². The summed E-state index contributed by atoms with van der Waals surface area (Å²) in [5.74, 6) is 0.226. The Morgan fingerprint density at radius 3 is 2.86 bits per heavy atom. The summed E-state index contributed by atoms with van der Waals surface area (Å²) in [6.45, 7) is 3.00. The molecule has 1 aliphatic heterocycles. The van der Waals surface area contributed by atoms with Crippen molar-refractivity contribution in [2.24, 2.45) is 0 Å². The third-order valence-electron chi connectivity index (χ3n) is 4.00. The Kier molecular flexibility index (Phi) is 6.70. The van der Waals surface area contributed by atoms with Gasteiger partial charge in [0, 0.05) is 32.7 Å². The molecule has 1 aromatic rings. The van der Waals surface area contributed by atoms with Gasteiger partial charge in [0.1, 0.15) is 0 Å². The van der Waals surface area contributed by atoms with Crippen LogP contribution >= 0.6 is 0 Å². The van der Waals surface area contributed by atoms with Crippen molar-refractivity contribution < 1.29 is 9.53 Å². The molecule has 0 aromatic heterocycles. The number of ether oxygens (including phenoxy) is 1. The van der Waals surface area contributed by atoms with Gasteiger partial charge in [-0.15, -0.1) is 0 Å². The third-order valence-corrected chi connectivity index (χ3v) is 4.00. The number of benzene rings is 1. The minimum atomic E-state index is 0.226. The Hall–Kier alpha value is -1.39. The first-order valence-corrected chi connectivity index (χ1v) is 7.83. The largest absolute Gasteiger partial charge is 0.383 e. The first kappa shape index (κ1) is 16.0. The number of carbonyl (C=O) groups excluding carboxylic acids is 1. The molecular weight excluding hydrogens is 264 g/mol. The topological polar surface area (TPSA) is 41.6 Å². The van der Waals surface area contributed by atoms with Gasteiger partial charge in [-0.25, -0.2) is 0 Å². The second kappa shape index (κ2) is 8.80. The smallest absolute Gasteiger partial charge is 0.223 e. The summed E-state index contributed by atoms with van der Waals surface area (Å²) in [4.78, 5) is 14.4. The van der Waals surface area contributed by atoms with E-state index in [1.54, 1.807) is 7.11 Å². The minimum Gasteiger partial charge on any atom is -0.383 e. The van der Waals surface area contributed by atoms with Gasteiger partial charge in [0.2, 0.25) is 5.91 Å². The number of carbonyl (C=O) groups is 1. The molecule has 0 bridgehead atoms. The fraction of sp³-hybridized carbons (Fsp3) is 0.588. The highest BCUT2D eigenvalue weighted by Gasteiger charge is 2.18. The molecule has 1 saturated heterocycles. The van der Waals surface area contributed by atoms with E-state index in [2.05, 4.69) is 17.4 Å². The Morgan fingerprint density at radius 2 is 2.19 bits per heavy atom. The summed E-state index contributed by atoms with van der Waals surface area (Å²) < 4.78 is 5.13. The van der Waals surface area contributed by atoms with E-state index in [9.17, 15) is 4.79 Å². The van der Waals surface area contributed by atoms with E-state index in [0.29, 0.717) is 32.2 Å². The predicted octanol–water partition coefficient (Wildman–Crippen LogP) is 2.19. The summed E-state index contributed by atoms with van der Waals surface area (Å²) in [5, 5.41) is 3.45. The van der Waals surface area contributed by atoms with Gasteiger partial charge >= 0.3 is 0 Å². The van der Waals surface area contributed by atoms with E-state index in [-0.39, 0.29) is 5.91 Å². The number of hydrogen-bond donors (Lipinski definition) is 1. The third kappa shape index (κ3) is 5.48. The maximum absolute atomic E-state index is 12.5. The first-order chi connectivity index (χ1) is 10.3. The molecule has 21 heavy (non-hydrogen) atoms. The van der Waals surface area contributed by atoms with Crippen molar-refractivity contribution in [3.63, 3.8) is 0 Å². The van der Waals surface area contributed by atoms with Gasteiger partial charge in [-0.2, -0.15) is 0 Å². The normalized spacial score (nSPS) is 17.9. The van der Waals surface area contributed by atoms with E-state index in [1.807, 2.05) is 23.1 Å². The van der Waals surface area contributed by atoms with Gasteiger partial charge in [-0.1, -0.05) is 30.3 Å². The molecule has 1 N–H and O–H groups in total. The molecule has 1 aromatic carbocycles. The first-order valence-electron chi connectivity index (χ1n) is 7.83. The zero-order valence-electron chi connectivity index (χ0n) is 12.9. The van der Waals surface area contributed by atoms with Crippen LogP contribution in [0, 0.1) is 0 Å². The van der Waals surface area contributed by atoms with Crippen molar-refractivity contribution >= 4 is 5.91 Å². The number of amides is 1. The van der Waals surface area contributed by atoms with Gasteiger partial charge in [-0.05, 0) is 31.4 Å². The van der Waals surface area contributed by atoms with Crippen molar-refractivity contribution in [3.05, 3.63) is 35.9 Å². The number of nitrogens with one attached hydrogen (secondary N) is 1. The summed E-state index contributed by atoms with van der Waals surface area (Å²) >= 11 is 0. The molecule has 1 atom stereocenters. The van der Waals surface area contributed by atoms with E-state index >= 15 is 0 Å². The predicted molar refractivity (Wildman–Crippen MR) is 84.0 cm³/mol. The monoisotopic (exact) mass is 290 g/mol. The van der Waals surface area contributed by atoms with Gasteiger partial charge in [0.15, 0.2) is 0 Å². The molecule has 0 saturated carbocycles. The zero-order chi connectivity index (χ0) is 14.9. The maximum atomic E-state index is 12.5. The van der Waals surface area contributed by atoms with Crippen LogP contribution in [0.15, 0.2) is 30.3 Å². The number of rotatable bonds is 8. The van der Waals surface area contributed by atoms with Crippen LogP contribution in [0.1, 0.15) is 31.2 Å². The highest BCUT2D eigenvalue weighted by molar-refractivity contribution is 5.76. The lowest BCUT2D eigenvalue weighted by molar-refractivity contribution is -0.132. The van der Waals surface area contributed by atoms with Gasteiger partial charge in [-0.3, -0.25) is 4.79 Å². The van der Waals surface area contributed by atoms with Crippen LogP contribution in [0.2, 0.25) is 0 Å². The Morgan fingerprint density at radius 1 is 1.38 bits per heavy atom. The van der Waals surface area contributed by atoms with E-state index in [1.165, 1.54) is 18.4 Å². The van der Waals surface area contributed by atoms with Crippen LogP contribution in [0.3, 0.4) is 0 Å². The molecule has 2 rings (SSSR count). The average molecular weight is 290 g/mol. The van der Waals surface area contributed by atoms with Crippen molar-refractivity contribution in [2.45, 2.75) is 38.3 Å². The van der Waals surface area contributed by atoms with Crippen LogP contribution in [0.4, 0.5) is 0 Å². The average Bonchev–Trinajstić information content (AvgIpc) is 3.03. The molecule has 0 spiro atoms. The van der Waals surface area contributed by atoms with Crippen LogP contribution in [-0.2, 0) is 16.1 Å². The molecule has 1 heterocycles. The lowest BCUT2D eigenvalue weighted by atomic mass is 10.1. The molecule has 0 aliphatic carbocycles. The summed E-state index contributed by atoms with van der Waals surface area (Å²) in [7, 11) is 1.67. The minimum absolute atomic E-state index is 0.226. The zero-order valence-corrected chi connectivity index (χ0v) is 12.9. The molecule has 1 fully saturated rings. The van der Waals surface area contributed by atoms with Crippen molar-refractivity contribution in [1.82, 2.24) is 10.2 Å². The Bertz CT molecular complexity index is 416.